The van der Waals surface area contributed by atoms with Gasteiger partial charge in [0.1, 0.15) is 0 Å². The molecule has 222 valence electrons. The second kappa shape index (κ2) is 10.6. The van der Waals surface area contributed by atoms with Crippen LogP contribution in [-0.4, -0.2) is 15.0 Å². The molecular weight excluding hydrogens is 571 g/mol. The third-order valence-electron chi connectivity index (χ3n) is 9.67. The molecule has 0 amide bonds. The molecule has 0 fully saturated rings. The van der Waals surface area contributed by atoms with E-state index in [1.807, 2.05) is 60.7 Å². The molecule has 1 heterocycles. The van der Waals surface area contributed by atoms with Crippen LogP contribution in [0.4, 0.5) is 0 Å². The molecule has 0 N–H and O–H groups in total. The third-order valence-corrected chi connectivity index (χ3v) is 9.67. The lowest BCUT2D eigenvalue weighted by molar-refractivity contribution is 0.667. The summed E-state index contributed by atoms with van der Waals surface area (Å²) in [6.07, 6.45) is 0. The third kappa shape index (κ3) is 4.39. The minimum absolute atomic E-state index is 0.161. The molecule has 0 saturated heterocycles. The number of aromatic nitrogens is 3. The van der Waals surface area contributed by atoms with E-state index < -0.39 is 0 Å². The Morgan fingerprint density at radius 2 is 0.851 bits per heavy atom. The monoisotopic (exact) mass is 601 g/mol. The van der Waals surface area contributed by atoms with Gasteiger partial charge < -0.3 is 0 Å². The molecule has 47 heavy (non-hydrogen) atoms. The van der Waals surface area contributed by atoms with Crippen molar-refractivity contribution < 1.29 is 0 Å². The fraction of sp³-hybridized carbons (Fsp3) is 0.0682. The smallest absolute Gasteiger partial charge is 0.164 e. The number of hydrogen-bond acceptors (Lipinski definition) is 3. The second-order valence-corrected chi connectivity index (χ2v) is 12.8. The van der Waals surface area contributed by atoms with E-state index in [-0.39, 0.29) is 5.41 Å². The predicted octanol–water partition coefficient (Wildman–Crippen LogP) is 11.2. The van der Waals surface area contributed by atoms with Crippen molar-refractivity contribution in [3.63, 3.8) is 0 Å². The Morgan fingerprint density at radius 3 is 1.49 bits per heavy atom. The van der Waals surface area contributed by atoms with Crippen LogP contribution in [0.2, 0.25) is 0 Å². The van der Waals surface area contributed by atoms with Crippen LogP contribution in [-0.2, 0) is 5.41 Å². The van der Waals surface area contributed by atoms with E-state index in [1.165, 1.54) is 49.4 Å². The Labute approximate surface area is 274 Å². The molecule has 1 aliphatic rings. The maximum atomic E-state index is 4.98. The van der Waals surface area contributed by atoms with Crippen molar-refractivity contribution in [1.29, 1.82) is 0 Å². The number of nitrogens with zero attached hydrogens (tertiary/aromatic N) is 3. The van der Waals surface area contributed by atoms with E-state index in [4.69, 9.17) is 15.0 Å². The standard InChI is InChI=1S/C44H31N3/c1-44(2)38-27-31(24-25-37(38)39-35-22-11-9-20-33(35)34-21-10-12-23-36(34)40(39)44)30-18-13-19-32(26-30)43-46-41(28-14-5-3-6-15-28)45-42(47-43)29-16-7-4-8-17-29/h3-27H,1-2H3. The van der Waals surface area contributed by atoms with E-state index in [2.05, 4.69) is 105 Å². The van der Waals surface area contributed by atoms with Crippen LogP contribution in [0.5, 0.6) is 0 Å². The Balaban J connectivity index is 1.19. The maximum absolute atomic E-state index is 4.98. The largest absolute Gasteiger partial charge is 0.208 e. The first-order valence-corrected chi connectivity index (χ1v) is 16.1. The van der Waals surface area contributed by atoms with E-state index >= 15 is 0 Å². The van der Waals surface area contributed by atoms with E-state index in [0.717, 1.165) is 22.3 Å². The average Bonchev–Trinajstić information content (AvgIpc) is 3.38. The van der Waals surface area contributed by atoms with Crippen LogP contribution < -0.4 is 0 Å². The Bertz CT molecular complexity index is 2420. The maximum Gasteiger partial charge on any atom is 0.164 e. The Morgan fingerprint density at radius 1 is 0.383 bits per heavy atom. The predicted molar refractivity (Wildman–Crippen MR) is 194 cm³/mol. The summed E-state index contributed by atoms with van der Waals surface area (Å²) in [5.74, 6) is 1.99. The molecule has 0 aliphatic heterocycles. The van der Waals surface area contributed by atoms with Gasteiger partial charge in [-0.3, -0.25) is 0 Å². The average molecular weight is 602 g/mol. The molecule has 0 radical (unpaired) electrons. The van der Waals surface area contributed by atoms with E-state index in [1.54, 1.807) is 0 Å². The van der Waals surface area contributed by atoms with Gasteiger partial charge in [0.15, 0.2) is 17.5 Å². The summed E-state index contributed by atoms with van der Waals surface area (Å²) in [6.45, 7) is 4.75. The summed E-state index contributed by atoms with van der Waals surface area (Å²) in [5.41, 5.74) is 10.5. The molecule has 3 heteroatoms. The van der Waals surface area contributed by atoms with Gasteiger partial charge in [-0.1, -0.05) is 153 Å². The lowest BCUT2D eigenvalue weighted by Gasteiger charge is -2.24. The fourth-order valence-electron chi connectivity index (χ4n) is 7.44. The molecule has 9 rings (SSSR count). The molecule has 8 aromatic rings. The van der Waals surface area contributed by atoms with Gasteiger partial charge in [0.25, 0.3) is 0 Å². The summed E-state index contributed by atoms with van der Waals surface area (Å²) < 4.78 is 0. The van der Waals surface area contributed by atoms with Crippen molar-refractivity contribution in [3.8, 4) is 56.4 Å². The molecule has 7 aromatic carbocycles. The second-order valence-electron chi connectivity index (χ2n) is 12.8. The van der Waals surface area contributed by atoms with Crippen molar-refractivity contribution >= 4 is 21.5 Å². The van der Waals surface area contributed by atoms with Crippen LogP contribution in [0, 0.1) is 0 Å². The summed E-state index contributed by atoms with van der Waals surface area (Å²) >= 11 is 0. The van der Waals surface area contributed by atoms with Gasteiger partial charge >= 0.3 is 0 Å². The van der Waals surface area contributed by atoms with Crippen molar-refractivity contribution in [2.45, 2.75) is 19.3 Å². The summed E-state index contributed by atoms with van der Waals surface area (Å²) in [6, 6.07) is 53.6. The lowest BCUT2D eigenvalue weighted by atomic mass is 9.79. The summed E-state index contributed by atoms with van der Waals surface area (Å²) in [4.78, 5) is 14.8. The van der Waals surface area contributed by atoms with Gasteiger partial charge in [0.05, 0.1) is 0 Å². The number of rotatable bonds is 4. The van der Waals surface area contributed by atoms with Crippen molar-refractivity contribution in [1.82, 2.24) is 15.0 Å². The van der Waals surface area contributed by atoms with Gasteiger partial charge in [0, 0.05) is 22.1 Å². The highest BCUT2D eigenvalue weighted by atomic mass is 15.0. The van der Waals surface area contributed by atoms with Crippen LogP contribution in [0.3, 0.4) is 0 Å². The molecule has 1 aliphatic carbocycles. The summed E-state index contributed by atoms with van der Waals surface area (Å²) in [7, 11) is 0. The van der Waals surface area contributed by atoms with Gasteiger partial charge in [0.2, 0.25) is 0 Å². The zero-order valence-electron chi connectivity index (χ0n) is 26.3. The first-order chi connectivity index (χ1) is 23.1. The number of fused-ring (bicyclic) bond motifs is 8. The molecule has 0 saturated carbocycles. The van der Waals surface area contributed by atoms with Crippen LogP contribution in [0.15, 0.2) is 152 Å². The van der Waals surface area contributed by atoms with E-state index in [9.17, 15) is 0 Å². The molecule has 3 nitrogen and oxygen atoms in total. The minimum atomic E-state index is -0.161. The first-order valence-electron chi connectivity index (χ1n) is 16.1. The molecular formula is C44H31N3. The zero-order valence-corrected chi connectivity index (χ0v) is 26.3. The molecule has 0 unspecified atom stereocenters. The van der Waals surface area contributed by atoms with Crippen LogP contribution in [0.1, 0.15) is 25.0 Å². The van der Waals surface area contributed by atoms with Gasteiger partial charge in [-0.05, 0) is 67.1 Å². The highest BCUT2D eigenvalue weighted by Gasteiger charge is 2.38. The van der Waals surface area contributed by atoms with Crippen LogP contribution >= 0.6 is 0 Å². The van der Waals surface area contributed by atoms with E-state index in [0.29, 0.717) is 17.5 Å². The van der Waals surface area contributed by atoms with Gasteiger partial charge in [-0.15, -0.1) is 0 Å². The van der Waals surface area contributed by atoms with Crippen LogP contribution in [0.25, 0.3) is 78.0 Å². The van der Waals surface area contributed by atoms with Crippen molar-refractivity contribution in [2.24, 2.45) is 0 Å². The lowest BCUT2D eigenvalue weighted by Crippen LogP contribution is -2.15. The molecule has 0 bridgehead atoms. The zero-order chi connectivity index (χ0) is 31.5. The Kier molecular flexibility index (Phi) is 6.16. The SMILES string of the molecule is CC1(C)c2cc(-c3cccc(-c4nc(-c5ccccc5)nc(-c5ccccc5)n4)c3)ccc2-c2c1c1ccccc1c1ccccc21. The van der Waals surface area contributed by atoms with Crippen molar-refractivity contribution in [2.75, 3.05) is 0 Å². The van der Waals surface area contributed by atoms with Gasteiger partial charge in [-0.2, -0.15) is 0 Å². The number of benzene rings is 7. The van der Waals surface area contributed by atoms with Crippen molar-refractivity contribution in [3.05, 3.63) is 163 Å². The topological polar surface area (TPSA) is 38.7 Å². The number of hydrogen-bond donors (Lipinski definition) is 0. The minimum Gasteiger partial charge on any atom is -0.208 e. The molecule has 0 atom stereocenters. The highest BCUT2D eigenvalue weighted by molar-refractivity contribution is 6.18. The molecule has 1 aromatic heterocycles. The first kappa shape index (κ1) is 27.4. The quantitative estimate of drug-likeness (QED) is 0.188. The normalized spacial score (nSPS) is 13.1. The Hall–Kier alpha value is -5.93. The van der Waals surface area contributed by atoms with Gasteiger partial charge in [-0.25, -0.2) is 15.0 Å². The molecule has 0 spiro atoms. The fourth-order valence-corrected chi connectivity index (χ4v) is 7.44. The summed E-state index contributed by atoms with van der Waals surface area (Å²) in [5, 5.41) is 5.28. The highest BCUT2D eigenvalue weighted by Crippen LogP contribution is 2.55.